The van der Waals surface area contributed by atoms with Gasteiger partial charge in [0.25, 0.3) is 0 Å². The lowest BCUT2D eigenvalue weighted by atomic mass is 10.1. The van der Waals surface area contributed by atoms with Crippen LogP contribution in [-0.4, -0.2) is 12.6 Å². The van der Waals surface area contributed by atoms with Crippen LogP contribution in [-0.2, 0) is 4.74 Å². The predicted octanol–water partition coefficient (Wildman–Crippen LogP) is 4.78. The first-order valence-electron chi connectivity index (χ1n) is 6.77. The third kappa shape index (κ3) is 5.70. The second-order valence-corrected chi connectivity index (χ2v) is 6.45. The van der Waals surface area contributed by atoms with E-state index in [1.807, 2.05) is 19.1 Å². The minimum atomic E-state index is -0.0197. The second kappa shape index (κ2) is 8.92. The molecule has 0 saturated heterocycles. The van der Waals surface area contributed by atoms with Crippen LogP contribution in [0.1, 0.15) is 56.9 Å². The maximum atomic E-state index is 5.98. The normalized spacial score (nSPS) is 14.7. The largest absolute Gasteiger partial charge is 0.371 e. The molecule has 2 nitrogen and oxygen atoms in total. The van der Waals surface area contributed by atoms with Crippen molar-refractivity contribution in [2.24, 2.45) is 5.73 Å². The number of thiophene rings is 1. The SMILES string of the molecule is CCCCCCCOC(c1ccc(Cl)s1)C(C)N. The van der Waals surface area contributed by atoms with E-state index in [0.717, 1.165) is 22.2 Å². The highest BCUT2D eigenvalue weighted by atomic mass is 35.5. The summed E-state index contributed by atoms with van der Waals surface area (Å²) in [6, 6.07) is 3.91. The molecule has 1 rings (SSSR count). The predicted molar refractivity (Wildman–Crippen MR) is 80.4 cm³/mol. The Hall–Kier alpha value is -0.0900. The Bertz CT molecular complexity index is 327. The monoisotopic (exact) mass is 289 g/mol. The fourth-order valence-electron chi connectivity index (χ4n) is 1.89. The van der Waals surface area contributed by atoms with E-state index in [-0.39, 0.29) is 12.1 Å². The van der Waals surface area contributed by atoms with Crippen molar-refractivity contribution in [2.45, 2.75) is 58.1 Å². The summed E-state index contributed by atoms with van der Waals surface area (Å²) in [5.74, 6) is 0. The first-order chi connectivity index (χ1) is 8.65. The third-order valence-corrected chi connectivity index (χ3v) is 4.19. The molecule has 0 aliphatic rings. The molecule has 4 heteroatoms. The van der Waals surface area contributed by atoms with E-state index >= 15 is 0 Å². The van der Waals surface area contributed by atoms with Gasteiger partial charge in [-0.25, -0.2) is 0 Å². The van der Waals surface area contributed by atoms with Crippen molar-refractivity contribution in [3.05, 3.63) is 21.3 Å². The lowest BCUT2D eigenvalue weighted by Gasteiger charge is -2.20. The molecule has 0 saturated carbocycles. The number of halogens is 1. The van der Waals surface area contributed by atoms with Gasteiger partial charge in [-0.3, -0.25) is 0 Å². The Morgan fingerprint density at radius 2 is 2.00 bits per heavy atom. The molecule has 2 atom stereocenters. The summed E-state index contributed by atoms with van der Waals surface area (Å²) >= 11 is 7.51. The molecule has 0 fully saturated rings. The molecule has 0 spiro atoms. The van der Waals surface area contributed by atoms with Gasteiger partial charge in [-0.15, -0.1) is 11.3 Å². The molecule has 104 valence electrons. The molecule has 1 aromatic heterocycles. The van der Waals surface area contributed by atoms with Crippen LogP contribution in [0, 0.1) is 0 Å². The smallest absolute Gasteiger partial charge is 0.106 e. The van der Waals surface area contributed by atoms with Gasteiger partial charge in [-0.05, 0) is 25.5 Å². The lowest BCUT2D eigenvalue weighted by molar-refractivity contribution is 0.0382. The van der Waals surface area contributed by atoms with E-state index in [0.29, 0.717) is 0 Å². The molecule has 2 unspecified atom stereocenters. The van der Waals surface area contributed by atoms with Gasteiger partial charge >= 0.3 is 0 Å². The van der Waals surface area contributed by atoms with Crippen molar-refractivity contribution in [1.82, 2.24) is 0 Å². The fraction of sp³-hybridized carbons (Fsp3) is 0.714. The van der Waals surface area contributed by atoms with Gasteiger partial charge < -0.3 is 10.5 Å². The Kier molecular flexibility index (Phi) is 7.91. The molecule has 1 heterocycles. The zero-order valence-corrected chi connectivity index (χ0v) is 12.9. The number of unbranched alkanes of at least 4 members (excludes halogenated alkanes) is 4. The summed E-state index contributed by atoms with van der Waals surface area (Å²) in [7, 11) is 0. The van der Waals surface area contributed by atoms with Crippen LogP contribution in [0.3, 0.4) is 0 Å². The van der Waals surface area contributed by atoms with Crippen molar-refractivity contribution in [3.63, 3.8) is 0 Å². The lowest BCUT2D eigenvalue weighted by Crippen LogP contribution is -2.26. The van der Waals surface area contributed by atoms with Crippen LogP contribution in [0.2, 0.25) is 4.34 Å². The summed E-state index contributed by atoms with van der Waals surface area (Å²) < 4.78 is 6.70. The zero-order valence-electron chi connectivity index (χ0n) is 11.3. The average Bonchev–Trinajstić information content (AvgIpc) is 2.74. The summed E-state index contributed by atoms with van der Waals surface area (Å²) in [4.78, 5) is 1.13. The highest BCUT2D eigenvalue weighted by Crippen LogP contribution is 2.30. The number of nitrogens with two attached hydrogens (primary N) is 1. The molecule has 0 aliphatic heterocycles. The Morgan fingerprint density at radius 3 is 2.56 bits per heavy atom. The first kappa shape index (κ1) is 16.0. The van der Waals surface area contributed by atoms with E-state index in [4.69, 9.17) is 22.1 Å². The number of hydrogen-bond acceptors (Lipinski definition) is 3. The van der Waals surface area contributed by atoms with Crippen LogP contribution >= 0.6 is 22.9 Å². The molecule has 2 N–H and O–H groups in total. The zero-order chi connectivity index (χ0) is 13.4. The topological polar surface area (TPSA) is 35.2 Å². The molecule has 0 bridgehead atoms. The molecule has 0 aliphatic carbocycles. The van der Waals surface area contributed by atoms with Crippen LogP contribution in [0.4, 0.5) is 0 Å². The van der Waals surface area contributed by atoms with Gasteiger partial charge in [-0.2, -0.15) is 0 Å². The average molecular weight is 290 g/mol. The molecular formula is C14H24ClNOS. The highest BCUT2D eigenvalue weighted by Gasteiger charge is 2.18. The van der Waals surface area contributed by atoms with E-state index in [9.17, 15) is 0 Å². The molecule has 0 aromatic carbocycles. The maximum absolute atomic E-state index is 5.98. The standard InChI is InChI=1S/C14H24ClNOS/c1-3-4-5-6-7-10-17-14(11(2)16)12-8-9-13(15)18-12/h8-9,11,14H,3-7,10,16H2,1-2H3. The molecule has 0 radical (unpaired) electrons. The van der Waals surface area contributed by atoms with E-state index in [1.54, 1.807) is 11.3 Å². The summed E-state index contributed by atoms with van der Waals surface area (Å²) in [5.41, 5.74) is 5.98. The van der Waals surface area contributed by atoms with E-state index in [1.165, 1.54) is 25.7 Å². The van der Waals surface area contributed by atoms with Crippen LogP contribution in [0.25, 0.3) is 0 Å². The quantitative estimate of drug-likeness (QED) is 0.664. The van der Waals surface area contributed by atoms with Crippen molar-refractivity contribution >= 4 is 22.9 Å². The minimum Gasteiger partial charge on any atom is -0.371 e. The van der Waals surface area contributed by atoms with Gasteiger partial charge in [-0.1, -0.05) is 44.2 Å². The number of rotatable bonds is 9. The van der Waals surface area contributed by atoms with E-state index < -0.39 is 0 Å². The molecule has 18 heavy (non-hydrogen) atoms. The Balaban J connectivity index is 2.31. The molecule has 1 aromatic rings. The van der Waals surface area contributed by atoms with Gasteiger partial charge in [0.05, 0.1) is 4.34 Å². The first-order valence-corrected chi connectivity index (χ1v) is 7.97. The van der Waals surface area contributed by atoms with Crippen molar-refractivity contribution in [3.8, 4) is 0 Å². The second-order valence-electron chi connectivity index (χ2n) is 4.71. The third-order valence-electron chi connectivity index (χ3n) is 2.90. The number of ether oxygens (including phenoxy) is 1. The summed E-state index contributed by atoms with van der Waals surface area (Å²) in [6.07, 6.45) is 6.23. The van der Waals surface area contributed by atoms with Crippen molar-refractivity contribution < 1.29 is 4.74 Å². The maximum Gasteiger partial charge on any atom is 0.106 e. The van der Waals surface area contributed by atoms with Gasteiger partial charge in [0.2, 0.25) is 0 Å². The Morgan fingerprint density at radius 1 is 1.28 bits per heavy atom. The van der Waals surface area contributed by atoms with Crippen LogP contribution < -0.4 is 5.73 Å². The number of hydrogen-bond donors (Lipinski definition) is 1. The van der Waals surface area contributed by atoms with E-state index in [2.05, 4.69) is 6.92 Å². The fourth-order valence-corrected chi connectivity index (χ4v) is 3.12. The van der Waals surface area contributed by atoms with Crippen LogP contribution in [0.5, 0.6) is 0 Å². The Labute approximate surface area is 119 Å². The van der Waals surface area contributed by atoms with Crippen molar-refractivity contribution in [2.75, 3.05) is 6.61 Å². The van der Waals surface area contributed by atoms with Crippen LogP contribution in [0.15, 0.2) is 12.1 Å². The molecular weight excluding hydrogens is 266 g/mol. The summed E-state index contributed by atoms with van der Waals surface area (Å²) in [6.45, 7) is 4.99. The highest BCUT2D eigenvalue weighted by molar-refractivity contribution is 7.16. The summed E-state index contributed by atoms with van der Waals surface area (Å²) in [5, 5.41) is 0. The minimum absolute atomic E-state index is 0.00430. The van der Waals surface area contributed by atoms with Gasteiger partial charge in [0.15, 0.2) is 0 Å². The van der Waals surface area contributed by atoms with Gasteiger partial charge in [0, 0.05) is 17.5 Å². The van der Waals surface area contributed by atoms with Crippen molar-refractivity contribution in [1.29, 1.82) is 0 Å². The molecule has 0 amide bonds. The van der Waals surface area contributed by atoms with Gasteiger partial charge in [0.1, 0.15) is 6.10 Å².